The lowest BCUT2D eigenvalue weighted by molar-refractivity contribution is -0.122. The van der Waals surface area contributed by atoms with Crippen molar-refractivity contribution in [2.24, 2.45) is 0 Å². The van der Waals surface area contributed by atoms with Gasteiger partial charge < -0.3 is 23.9 Å². The van der Waals surface area contributed by atoms with E-state index in [0.717, 1.165) is 0 Å². The zero-order chi connectivity index (χ0) is 22.5. The van der Waals surface area contributed by atoms with Gasteiger partial charge >= 0.3 is 5.63 Å². The number of nitrogens with one attached hydrogen (secondary N) is 1. The quantitative estimate of drug-likeness (QED) is 0.445. The molecule has 2 unspecified atom stereocenters. The summed E-state index contributed by atoms with van der Waals surface area (Å²) in [5, 5.41) is 4.03. The molecule has 164 valence electrons. The van der Waals surface area contributed by atoms with Crippen molar-refractivity contribution in [1.82, 2.24) is 0 Å². The number of amides is 1. The highest BCUT2D eigenvalue weighted by molar-refractivity contribution is 6.30. The minimum Gasteiger partial charge on any atom is -0.478 e. The molecule has 0 spiro atoms. The van der Waals surface area contributed by atoms with E-state index in [1.165, 1.54) is 0 Å². The molecular formula is C25H16ClNO6. The predicted octanol–water partition coefficient (Wildman–Crippen LogP) is 4.71. The third-order valence-electron chi connectivity index (χ3n) is 5.78. The number of anilines is 1. The fourth-order valence-corrected chi connectivity index (χ4v) is 4.40. The number of halogens is 1. The van der Waals surface area contributed by atoms with Gasteiger partial charge in [-0.3, -0.25) is 4.79 Å². The van der Waals surface area contributed by atoms with Gasteiger partial charge in [0.15, 0.2) is 17.6 Å². The zero-order valence-corrected chi connectivity index (χ0v) is 17.8. The molecule has 0 radical (unpaired) electrons. The monoisotopic (exact) mass is 461 g/mol. The lowest BCUT2D eigenvalue weighted by Gasteiger charge is -2.19. The molecule has 0 saturated carbocycles. The maximum atomic E-state index is 13.4. The molecule has 3 aromatic carbocycles. The van der Waals surface area contributed by atoms with Crippen molar-refractivity contribution in [3.63, 3.8) is 0 Å². The molecule has 8 heteroatoms. The first-order chi connectivity index (χ1) is 16.1. The summed E-state index contributed by atoms with van der Waals surface area (Å²) >= 11 is 5.95. The van der Waals surface area contributed by atoms with E-state index in [1.54, 1.807) is 60.7 Å². The van der Waals surface area contributed by atoms with Gasteiger partial charge in [0.05, 0.1) is 16.9 Å². The third-order valence-corrected chi connectivity index (χ3v) is 6.04. The van der Waals surface area contributed by atoms with Gasteiger partial charge in [-0.15, -0.1) is 0 Å². The van der Waals surface area contributed by atoms with Crippen LogP contribution in [0.3, 0.4) is 0 Å². The Labute approximate surface area is 192 Å². The summed E-state index contributed by atoms with van der Waals surface area (Å²) < 4.78 is 22.7. The van der Waals surface area contributed by atoms with Crippen molar-refractivity contribution in [3.05, 3.63) is 93.3 Å². The van der Waals surface area contributed by atoms with Crippen LogP contribution in [0.25, 0.3) is 11.0 Å². The van der Waals surface area contributed by atoms with E-state index in [0.29, 0.717) is 50.1 Å². The summed E-state index contributed by atoms with van der Waals surface area (Å²) in [4.78, 5) is 26.4. The van der Waals surface area contributed by atoms with Gasteiger partial charge in [-0.1, -0.05) is 29.8 Å². The highest BCUT2D eigenvalue weighted by Gasteiger charge is 2.44. The van der Waals surface area contributed by atoms with Crippen molar-refractivity contribution >= 4 is 34.2 Å². The number of hydrogen-bond donors (Lipinski definition) is 1. The molecule has 6 rings (SSSR count). The Morgan fingerprint density at radius 1 is 0.970 bits per heavy atom. The number of hydrogen-bond acceptors (Lipinski definition) is 6. The van der Waals surface area contributed by atoms with Crippen LogP contribution in [0.5, 0.6) is 17.2 Å². The number of fused-ring (bicyclic) bond motifs is 4. The van der Waals surface area contributed by atoms with Gasteiger partial charge in [0.1, 0.15) is 11.3 Å². The highest BCUT2D eigenvalue weighted by Crippen LogP contribution is 2.46. The van der Waals surface area contributed by atoms with Crippen molar-refractivity contribution in [1.29, 1.82) is 0 Å². The van der Waals surface area contributed by atoms with Gasteiger partial charge in [0.2, 0.25) is 6.79 Å². The first-order valence-corrected chi connectivity index (χ1v) is 10.6. The van der Waals surface area contributed by atoms with Crippen LogP contribution in [0, 0.1) is 0 Å². The molecule has 2 atom stereocenters. The Morgan fingerprint density at radius 3 is 2.61 bits per heavy atom. The van der Waals surface area contributed by atoms with Crippen LogP contribution in [-0.2, 0) is 4.79 Å². The van der Waals surface area contributed by atoms with Crippen LogP contribution in [0.1, 0.15) is 17.0 Å². The van der Waals surface area contributed by atoms with E-state index in [1.807, 2.05) is 6.07 Å². The van der Waals surface area contributed by atoms with E-state index in [2.05, 4.69) is 5.32 Å². The number of ether oxygens (including phenoxy) is 3. The topological polar surface area (TPSA) is 87.0 Å². The van der Waals surface area contributed by atoms with Gasteiger partial charge in [0.25, 0.3) is 5.91 Å². The average Bonchev–Trinajstić information content (AvgIpc) is 3.45. The van der Waals surface area contributed by atoms with Crippen LogP contribution in [0.15, 0.2) is 75.9 Å². The van der Waals surface area contributed by atoms with Gasteiger partial charge in [-0.05, 0) is 54.1 Å². The van der Waals surface area contributed by atoms with Crippen LogP contribution < -0.4 is 25.2 Å². The van der Waals surface area contributed by atoms with Gasteiger partial charge in [-0.25, -0.2) is 4.79 Å². The summed E-state index contributed by atoms with van der Waals surface area (Å²) in [6.45, 7) is 0.115. The predicted molar refractivity (Wildman–Crippen MR) is 121 cm³/mol. The van der Waals surface area contributed by atoms with Crippen molar-refractivity contribution < 1.29 is 23.4 Å². The van der Waals surface area contributed by atoms with Crippen LogP contribution in [0.4, 0.5) is 5.69 Å². The van der Waals surface area contributed by atoms with E-state index < -0.39 is 23.6 Å². The van der Waals surface area contributed by atoms with Crippen LogP contribution in [0.2, 0.25) is 5.02 Å². The normalized spacial score (nSPS) is 18.1. The Bertz CT molecular complexity index is 1460. The number of para-hydroxylation sites is 1. The Kier molecular flexibility index (Phi) is 4.52. The molecule has 1 amide bonds. The van der Waals surface area contributed by atoms with E-state index in [-0.39, 0.29) is 6.79 Å². The zero-order valence-electron chi connectivity index (χ0n) is 17.0. The molecule has 0 fully saturated rings. The number of benzene rings is 3. The third kappa shape index (κ3) is 3.29. The molecule has 2 aliphatic rings. The Balaban J connectivity index is 1.48. The summed E-state index contributed by atoms with van der Waals surface area (Å²) in [5.74, 6) is 0.386. The van der Waals surface area contributed by atoms with Crippen molar-refractivity contribution in [2.45, 2.75) is 12.0 Å². The standard InChI is InChI=1S/C25H16ClNO6/c26-14-6-8-15(9-7-14)27-24(28)23-20(13-5-10-18-19(11-13)31-12-30-18)21-22(33-23)16-3-1-2-4-17(16)32-25(21)29/h1-11,20,23H,12H2,(H,27,28). The molecule has 0 aliphatic carbocycles. The molecule has 1 N–H and O–H groups in total. The first kappa shape index (κ1) is 19.7. The van der Waals surface area contributed by atoms with E-state index in [9.17, 15) is 9.59 Å². The number of rotatable bonds is 3. The fraction of sp³-hybridized carbons (Fsp3) is 0.120. The molecule has 7 nitrogen and oxygen atoms in total. The summed E-state index contributed by atoms with van der Waals surface area (Å²) in [7, 11) is 0. The summed E-state index contributed by atoms with van der Waals surface area (Å²) in [6, 6.07) is 19.2. The van der Waals surface area contributed by atoms with Crippen molar-refractivity contribution in [2.75, 3.05) is 12.1 Å². The average molecular weight is 462 g/mol. The van der Waals surface area contributed by atoms with Crippen molar-refractivity contribution in [3.8, 4) is 17.2 Å². The molecular weight excluding hydrogens is 446 g/mol. The first-order valence-electron chi connectivity index (χ1n) is 10.3. The van der Waals surface area contributed by atoms with Gasteiger partial charge in [-0.2, -0.15) is 0 Å². The summed E-state index contributed by atoms with van der Waals surface area (Å²) in [5.41, 5.74) is 1.38. The molecule has 0 bridgehead atoms. The number of carbonyl (C=O) groups is 1. The second kappa shape index (κ2) is 7.56. The van der Waals surface area contributed by atoms with Gasteiger partial charge in [0, 0.05) is 10.7 Å². The molecule has 4 aromatic rings. The highest BCUT2D eigenvalue weighted by atomic mass is 35.5. The number of carbonyl (C=O) groups excluding carboxylic acids is 1. The lowest BCUT2D eigenvalue weighted by atomic mass is 9.88. The second-order valence-electron chi connectivity index (χ2n) is 7.75. The molecule has 3 heterocycles. The maximum Gasteiger partial charge on any atom is 0.344 e. The van der Waals surface area contributed by atoms with Crippen LogP contribution in [-0.4, -0.2) is 18.8 Å². The Hall–Kier alpha value is -3.97. The second-order valence-corrected chi connectivity index (χ2v) is 8.19. The minimum absolute atomic E-state index is 0.115. The van der Waals surface area contributed by atoms with E-state index >= 15 is 0 Å². The maximum absolute atomic E-state index is 13.4. The SMILES string of the molecule is O=C(Nc1ccc(Cl)cc1)C1Oc2c(c(=O)oc3ccccc23)C1c1ccc2c(c1)OCO2. The molecule has 1 aromatic heterocycles. The Morgan fingerprint density at radius 2 is 1.76 bits per heavy atom. The summed E-state index contributed by atoms with van der Waals surface area (Å²) in [6.07, 6.45) is -1.01. The smallest absolute Gasteiger partial charge is 0.344 e. The largest absolute Gasteiger partial charge is 0.478 e. The minimum atomic E-state index is -1.01. The lowest BCUT2D eigenvalue weighted by Crippen LogP contribution is -2.35. The molecule has 33 heavy (non-hydrogen) atoms. The molecule has 2 aliphatic heterocycles. The van der Waals surface area contributed by atoms with E-state index in [4.69, 9.17) is 30.2 Å². The van der Waals surface area contributed by atoms with Crippen LogP contribution >= 0.6 is 11.6 Å². The molecule has 0 saturated heterocycles. The fourth-order valence-electron chi connectivity index (χ4n) is 4.28.